The van der Waals surface area contributed by atoms with Gasteiger partial charge < -0.3 is 5.11 Å². The van der Waals surface area contributed by atoms with Gasteiger partial charge in [0.05, 0.1) is 0 Å². The van der Waals surface area contributed by atoms with Crippen LogP contribution >= 0.6 is 0 Å². The average molecular weight is 218 g/mol. The minimum Gasteiger partial charge on any atom is -0.396 e. The normalized spacial score (nSPS) is 13.1. The second-order valence-corrected chi connectivity index (χ2v) is 4.12. The quantitative estimate of drug-likeness (QED) is 0.688. The minimum atomic E-state index is 0.265. The van der Waals surface area contributed by atoms with Crippen molar-refractivity contribution in [2.45, 2.75) is 38.5 Å². The van der Waals surface area contributed by atoms with Crippen LogP contribution < -0.4 is 0 Å². The zero-order valence-electron chi connectivity index (χ0n) is 10.1. The summed E-state index contributed by atoms with van der Waals surface area (Å²) in [6.45, 7) is 2.45. The van der Waals surface area contributed by atoms with Crippen molar-refractivity contribution in [2.24, 2.45) is 0 Å². The predicted octanol–water partition coefficient (Wildman–Crippen LogP) is 3.90. The van der Waals surface area contributed by atoms with E-state index in [1.165, 1.54) is 12.0 Å². The number of hydrogen-bond acceptors (Lipinski definition) is 1. The molecule has 1 unspecified atom stereocenters. The van der Waals surface area contributed by atoms with E-state index in [-0.39, 0.29) is 6.61 Å². The number of benzene rings is 1. The molecule has 0 aromatic heterocycles. The summed E-state index contributed by atoms with van der Waals surface area (Å²) < 4.78 is 0. The third-order valence-electron chi connectivity index (χ3n) is 2.79. The molecule has 0 radical (unpaired) electrons. The molecule has 0 aliphatic rings. The fraction of sp³-hybridized carbons (Fsp3) is 0.467. The van der Waals surface area contributed by atoms with Crippen LogP contribution in [0.25, 0.3) is 0 Å². The topological polar surface area (TPSA) is 20.2 Å². The highest BCUT2D eigenvalue weighted by Gasteiger charge is 2.08. The maximum atomic E-state index is 9.08. The summed E-state index contributed by atoms with van der Waals surface area (Å²) in [5.74, 6) is 0.458. The number of unbranched alkanes of at least 4 members (excludes halogenated alkanes) is 1. The molecule has 1 aromatic rings. The number of aliphatic hydroxyl groups is 1. The molecular formula is C15H22O. The van der Waals surface area contributed by atoms with Gasteiger partial charge in [-0.15, -0.1) is 0 Å². The highest BCUT2D eigenvalue weighted by atomic mass is 16.3. The standard InChI is InChI=1S/C15H22O/c1-2-3-4-6-11-15(12-13-16)14-9-7-5-8-10-14/h4-10,15-16H,2-3,11-13H2,1H3/b6-4+. The van der Waals surface area contributed by atoms with E-state index in [1.54, 1.807) is 0 Å². The molecule has 0 heterocycles. The summed E-state index contributed by atoms with van der Waals surface area (Å²) in [6.07, 6.45) is 8.72. The molecule has 1 nitrogen and oxygen atoms in total. The Bertz CT molecular complexity index is 290. The molecule has 1 N–H and O–H groups in total. The van der Waals surface area contributed by atoms with Crippen LogP contribution in [0.3, 0.4) is 0 Å². The number of allylic oxidation sites excluding steroid dienone is 2. The van der Waals surface area contributed by atoms with Gasteiger partial charge in [-0.25, -0.2) is 0 Å². The highest BCUT2D eigenvalue weighted by molar-refractivity contribution is 5.20. The number of aliphatic hydroxyl groups excluding tert-OH is 1. The van der Waals surface area contributed by atoms with Crippen LogP contribution in [-0.4, -0.2) is 11.7 Å². The molecule has 0 saturated carbocycles. The summed E-state index contributed by atoms with van der Waals surface area (Å²) in [5.41, 5.74) is 1.33. The van der Waals surface area contributed by atoms with Crippen LogP contribution in [-0.2, 0) is 0 Å². The van der Waals surface area contributed by atoms with Crippen LogP contribution in [0.4, 0.5) is 0 Å². The van der Waals surface area contributed by atoms with Gasteiger partial charge in [-0.2, -0.15) is 0 Å². The Morgan fingerprint density at radius 2 is 1.94 bits per heavy atom. The lowest BCUT2D eigenvalue weighted by Crippen LogP contribution is -2.00. The number of hydrogen-bond donors (Lipinski definition) is 1. The Kier molecular flexibility index (Phi) is 6.59. The average Bonchev–Trinajstić information content (AvgIpc) is 2.34. The van der Waals surface area contributed by atoms with E-state index in [0.717, 1.165) is 19.3 Å². The smallest absolute Gasteiger partial charge is 0.0436 e. The van der Waals surface area contributed by atoms with Gasteiger partial charge in [0.15, 0.2) is 0 Å². The lowest BCUT2D eigenvalue weighted by atomic mass is 9.92. The molecule has 88 valence electrons. The molecule has 0 aliphatic carbocycles. The van der Waals surface area contributed by atoms with Crippen molar-refractivity contribution in [3.8, 4) is 0 Å². The molecule has 0 spiro atoms. The van der Waals surface area contributed by atoms with Gasteiger partial charge in [0.2, 0.25) is 0 Å². The van der Waals surface area contributed by atoms with Crippen LogP contribution in [0.15, 0.2) is 42.5 Å². The molecule has 0 fully saturated rings. The van der Waals surface area contributed by atoms with Crippen molar-refractivity contribution in [3.63, 3.8) is 0 Å². The third kappa shape index (κ3) is 4.63. The first-order valence-electron chi connectivity index (χ1n) is 6.19. The molecule has 0 aliphatic heterocycles. The third-order valence-corrected chi connectivity index (χ3v) is 2.79. The maximum absolute atomic E-state index is 9.08. The second-order valence-electron chi connectivity index (χ2n) is 4.12. The Morgan fingerprint density at radius 1 is 1.19 bits per heavy atom. The number of rotatable bonds is 7. The molecule has 0 bridgehead atoms. The highest BCUT2D eigenvalue weighted by Crippen LogP contribution is 2.23. The second kappa shape index (κ2) is 8.12. The summed E-state index contributed by atoms with van der Waals surface area (Å²) in [6, 6.07) is 10.5. The minimum absolute atomic E-state index is 0.265. The van der Waals surface area contributed by atoms with E-state index in [9.17, 15) is 0 Å². The van der Waals surface area contributed by atoms with Gasteiger partial charge in [0, 0.05) is 6.61 Å². The van der Waals surface area contributed by atoms with E-state index >= 15 is 0 Å². The van der Waals surface area contributed by atoms with Gasteiger partial charge in [0.1, 0.15) is 0 Å². The van der Waals surface area contributed by atoms with Crippen LogP contribution in [0.1, 0.15) is 44.1 Å². The molecular weight excluding hydrogens is 196 g/mol. The summed E-state index contributed by atoms with van der Waals surface area (Å²) in [7, 11) is 0. The molecule has 1 rings (SSSR count). The maximum Gasteiger partial charge on any atom is 0.0436 e. The molecule has 0 saturated heterocycles. The molecule has 16 heavy (non-hydrogen) atoms. The SMILES string of the molecule is CCC/C=C/CC(CCO)c1ccccc1. The van der Waals surface area contributed by atoms with Gasteiger partial charge in [-0.1, -0.05) is 55.8 Å². The Balaban J connectivity index is 2.54. The lowest BCUT2D eigenvalue weighted by Gasteiger charge is -2.13. The van der Waals surface area contributed by atoms with Crippen molar-refractivity contribution < 1.29 is 5.11 Å². The van der Waals surface area contributed by atoms with Crippen LogP contribution in [0.5, 0.6) is 0 Å². The van der Waals surface area contributed by atoms with Crippen molar-refractivity contribution in [1.29, 1.82) is 0 Å². The zero-order valence-corrected chi connectivity index (χ0v) is 10.1. The van der Waals surface area contributed by atoms with Crippen molar-refractivity contribution >= 4 is 0 Å². The van der Waals surface area contributed by atoms with Gasteiger partial charge >= 0.3 is 0 Å². The molecule has 1 aromatic carbocycles. The summed E-state index contributed by atoms with van der Waals surface area (Å²) in [5, 5.41) is 9.08. The van der Waals surface area contributed by atoms with E-state index in [4.69, 9.17) is 5.11 Å². The molecule has 1 heteroatoms. The largest absolute Gasteiger partial charge is 0.396 e. The molecule has 1 atom stereocenters. The Labute approximate surface area is 98.8 Å². The summed E-state index contributed by atoms with van der Waals surface area (Å²) in [4.78, 5) is 0. The van der Waals surface area contributed by atoms with Crippen molar-refractivity contribution in [1.82, 2.24) is 0 Å². The fourth-order valence-electron chi connectivity index (χ4n) is 1.85. The van der Waals surface area contributed by atoms with E-state index < -0.39 is 0 Å². The predicted molar refractivity (Wildman–Crippen MR) is 69.6 cm³/mol. The Morgan fingerprint density at radius 3 is 2.56 bits per heavy atom. The monoisotopic (exact) mass is 218 g/mol. The molecule has 0 amide bonds. The zero-order chi connectivity index (χ0) is 11.6. The van der Waals surface area contributed by atoms with Crippen molar-refractivity contribution in [2.75, 3.05) is 6.61 Å². The first-order chi connectivity index (χ1) is 7.88. The van der Waals surface area contributed by atoms with Crippen molar-refractivity contribution in [3.05, 3.63) is 48.0 Å². The van der Waals surface area contributed by atoms with Crippen LogP contribution in [0.2, 0.25) is 0 Å². The fourth-order valence-corrected chi connectivity index (χ4v) is 1.85. The van der Waals surface area contributed by atoms with Gasteiger partial charge in [0.25, 0.3) is 0 Å². The van der Waals surface area contributed by atoms with E-state index in [2.05, 4.69) is 43.3 Å². The lowest BCUT2D eigenvalue weighted by molar-refractivity contribution is 0.275. The summed E-state index contributed by atoms with van der Waals surface area (Å²) >= 11 is 0. The van der Waals surface area contributed by atoms with Crippen LogP contribution in [0, 0.1) is 0 Å². The Hall–Kier alpha value is -1.08. The first kappa shape index (κ1) is 13.0. The van der Waals surface area contributed by atoms with Gasteiger partial charge in [-0.05, 0) is 30.7 Å². The van der Waals surface area contributed by atoms with E-state index in [0.29, 0.717) is 5.92 Å². The van der Waals surface area contributed by atoms with E-state index in [1.807, 2.05) is 6.07 Å². The van der Waals surface area contributed by atoms with Gasteiger partial charge in [-0.3, -0.25) is 0 Å². The first-order valence-corrected chi connectivity index (χ1v) is 6.19.